The maximum atomic E-state index is 13.2. The van der Waals surface area contributed by atoms with E-state index in [1.807, 2.05) is 17.9 Å². The second-order valence-corrected chi connectivity index (χ2v) is 8.05. The van der Waals surface area contributed by atoms with E-state index in [1.165, 1.54) is 30.4 Å². The molecule has 3 aromatic rings. The van der Waals surface area contributed by atoms with Crippen molar-refractivity contribution < 1.29 is 4.79 Å². The summed E-state index contributed by atoms with van der Waals surface area (Å²) in [5.74, 6) is 1.23. The average Bonchev–Trinajstić information content (AvgIpc) is 3.36. The van der Waals surface area contributed by atoms with E-state index in [9.17, 15) is 4.79 Å². The van der Waals surface area contributed by atoms with Crippen LogP contribution >= 0.6 is 0 Å². The molecule has 28 heavy (non-hydrogen) atoms. The van der Waals surface area contributed by atoms with Gasteiger partial charge in [-0.2, -0.15) is 4.98 Å². The van der Waals surface area contributed by atoms with Gasteiger partial charge in [-0.1, -0.05) is 24.3 Å². The molecule has 6 heteroatoms. The zero-order chi connectivity index (χ0) is 19.1. The van der Waals surface area contributed by atoms with Crippen molar-refractivity contribution in [3.8, 4) is 0 Å². The number of likely N-dealkylation sites (tertiary alicyclic amines) is 1. The molecule has 0 spiro atoms. The van der Waals surface area contributed by atoms with Crippen LogP contribution in [-0.2, 0) is 6.42 Å². The first-order valence-corrected chi connectivity index (χ1v) is 10.3. The fraction of sp³-hybridized carbons (Fsp3) is 0.455. The summed E-state index contributed by atoms with van der Waals surface area (Å²) < 4.78 is 1.65. The molecule has 0 bridgehead atoms. The number of carbonyl (C=O) groups excluding carboxylic acids is 1. The monoisotopic (exact) mass is 375 g/mol. The molecule has 1 saturated heterocycles. The van der Waals surface area contributed by atoms with Gasteiger partial charge in [-0.05, 0) is 68.6 Å². The minimum absolute atomic E-state index is 0.0588. The normalized spacial score (nSPS) is 21.8. The van der Waals surface area contributed by atoms with Crippen LogP contribution in [0.4, 0.5) is 0 Å². The number of aryl methyl sites for hydroxylation is 2. The Hall–Kier alpha value is -2.76. The first kappa shape index (κ1) is 17.3. The molecule has 6 nitrogen and oxygen atoms in total. The predicted octanol–water partition coefficient (Wildman–Crippen LogP) is 3.55. The van der Waals surface area contributed by atoms with Gasteiger partial charge in [0.2, 0.25) is 5.82 Å². The minimum Gasteiger partial charge on any atom is -0.333 e. The van der Waals surface area contributed by atoms with Crippen LogP contribution in [0, 0.1) is 6.92 Å². The van der Waals surface area contributed by atoms with E-state index in [2.05, 4.69) is 39.3 Å². The first-order chi connectivity index (χ1) is 13.7. The molecular formula is C22H25N5O. The molecule has 1 aromatic carbocycles. The molecule has 1 fully saturated rings. The van der Waals surface area contributed by atoms with E-state index < -0.39 is 0 Å². The lowest BCUT2D eigenvalue weighted by Crippen LogP contribution is -2.37. The van der Waals surface area contributed by atoms with Crippen molar-refractivity contribution in [2.75, 3.05) is 6.54 Å². The van der Waals surface area contributed by atoms with E-state index in [0.29, 0.717) is 11.7 Å². The summed E-state index contributed by atoms with van der Waals surface area (Å²) in [4.78, 5) is 23.8. The molecule has 2 unspecified atom stereocenters. The molecule has 0 radical (unpaired) electrons. The number of carbonyl (C=O) groups is 1. The third-order valence-electron chi connectivity index (χ3n) is 6.31. The van der Waals surface area contributed by atoms with Gasteiger partial charge < -0.3 is 4.90 Å². The molecule has 144 valence electrons. The van der Waals surface area contributed by atoms with Crippen LogP contribution < -0.4 is 0 Å². The maximum absolute atomic E-state index is 13.2. The second-order valence-electron chi connectivity index (χ2n) is 8.05. The van der Waals surface area contributed by atoms with Gasteiger partial charge in [-0.15, -0.1) is 5.10 Å². The molecular weight excluding hydrogens is 350 g/mol. The van der Waals surface area contributed by atoms with E-state index in [4.69, 9.17) is 0 Å². The first-order valence-electron chi connectivity index (χ1n) is 10.3. The van der Waals surface area contributed by atoms with Crippen molar-refractivity contribution in [2.45, 2.75) is 57.4 Å². The lowest BCUT2D eigenvalue weighted by molar-refractivity contribution is 0.0711. The van der Waals surface area contributed by atoms with Crippen LogP contribution in [0.25, 0.3) is 5.78 Å². The second kappa shape index (κ2) is 7.00. The van der Waals surface area contributed by atoms with Crippen LogP contribution in [-0.4, -0.2) is 43.0 Å². The van der Waals surface area contributed by atoms with Crippen molar-refractivity contribution in [3.63, 3.8) is 0 Å². The standard InChI is InChI=1S/C22H25N5O/c1-15-11-12-23-22-24-20(25-27(15)22)21(28)26-13-5-9-18(26)14-17-8-4-7-16-6-2-3-10-19(16)17/h2-3,6,10-12,17-18H,4-5,7-9,13-14H2,1H3. The Morgan fingerprint density at radius 2 is 2.07 bits per heavy atom. The maximum Gasteiger partial charge on any atom is 0.293 e. The number of benzene rings is 1. The smallest absolute Gasteiger partial charge is 0.293 e. The third-order valence-corrected chi connectivity index (χ3v) is 6.31. The molecule has 5 rings (SSSR count). The summed E-state index contributed by atoms with van der Waals surface area (Å²) >= 11 is 0. The van der Waals surface area contributed by atoms with Gasteiger partial charge >= 0.3 is 0 Å². The Bertz CT molecular complexity index is 1030. The zero-order valence-corrected chi connectivity index (χ0v) is 16.2. The Labute approximate surface area is 164 Å². The number of nitrogens with zero attached hydrogens (tertiary/aromatic N) is 5. The van der Waals surface area contributed by atoms with Crippen molar-refractivity contribution in [1.29, 1.82) is 0 Å². The highest BCUT2D eigenvalue weighted by Crippen LogP contribution is 2.37. The van der Waals surface area contributed by atoms with Crippen LogP contribution in [0.15, 0.2) is 36.5 Å². The summed E-state index contributed by atoms with van der Waals surface area (Å²) in [6, 6.07) is 11.0. The van der Waals surface area contributed by atoms with E-state index >= 15 is 0 Å². The number of hydrogen-bond donors (Lipinski definition) is 0. The molecule has 1 amide bonds. The highest BCUT2D eigenvalue weighted by molar-refractivity contribution is 5.91. The van der Waals surface area contributed by atoms with Crippen molar-refractivity contribution in [2.24, 2.45) is 0 Å². The molecule has 2 atom stereocenters. The van der Waals surface area contributed by atoms with Gasteiger partial charge in [-0.25, -0.2) is 9.50 Å². The SMILES string of the molecule is Cc1ccnc2nc(C(=O)N3CCCC3CC3CCCc4ccccc43)nn12. The highest BCUT2D eigenvalue weighted by atomic mass is 16.2. The van der Waals surface area contributed by atoms with Gasteiger partial charge in [0.25, 0.3) is 11.7 Å². The summed E-state index contributed by atoms with van der Waals surface area (Å²) in [5, 5.41) is 4.43. The Balaban J connectivity index is 1.38. The molecule has 1 aliphatic heterocycles. The van der Waals surface area contributed by atoms with Crippen LogP contribution in [0.5, 0.6) is 0 Å². The molecule has 0 saturated carbocycles. The molecule has 2 aromatic heterocycles. The molecule has 0 N–H and O–H groups in total. The van der Waals surface area contributed by atoms with Gasteiger partial charge in [-0.3, -0.25) is 4.79 Å². The molecule has 1 aliphatic carbocycles. The summed E-state index contributed by atoms with van der Waals surface area (Å²) in [6.45, 7) is 2.73. The Kier molecular flexibility index (Phi) is 4.34. The number of amides is 1. The number of hydrogen-bond acceptors (Lipinski definition) is 4. The molecule has 2 aliphatic rings. The highest BCUT2D eigenvalue weighted by Gasteiger charge is 2.34. The van der Waals surface area contributed by atoms with Gasteiger partial charge in [0.05, 0.1) is 0 Å². The fourth-order valence-corrected chi connectivity index (χ4v) is 4.90. The average molecular weight is 375 g/mol. The predicted molar refractivity (Wildman–Crippen MR) is 106 cm³/mol. The van der Waals surface area contributed by atoms with Crippen LogP contribution in [0.2, 0.25) is 0 Å². The quantitative estimate of drug-likeness (QED) is 0.702. The lowest BCUT2D eigenvalue weighted by Gasteiger charge is -2.31. The van der Waals surface area contributed by atoms with Crippen molar-refractivity contribution in [3.05, 3.63) is 59.2 Å². The third kappa shape index (κ3) is 2.97. The Morgan fingerprint density at radius 1 is 1.18 bits per heavy atom. The lowest BCUT2D eigenvalue weighted by atomic mass is 9.79. The summed E-state index contributed by atoms with van der Waals surface area (Å²) in [5.41, 5.74) is 3.89. The van der Waals surface area contributed by atoms with E-state index in [0.717, 1.165) is 31.5 Å². The summed E-state index contributed by atoms with van der Waals surface area (Å²) in [7, 11) is 0. The topological polar surface area (TPSA) is 63.4 Å². The zero-order valence-electron chi connectivity index (χ0n) is 16.2. The van der Waals surface area contributed by atoms with Gasteiger partial charge in [0.15, 0.2) is 0 Å². The Morgan fingerprint density at radius 3 is 2.96 bits per heavy atom. The van der Waals surface area contributed by atoms with Crippen LogP contribution in [0.3, 0.4) is 0 Å². The number of fused-ring (bicyclic) bond motifs is 2. The van der Waals surface area contributed by atoms with Gasteiger partial charge in [0, 0.05) is 24.5 Å². The van der Waals surface area contributed by atoms with Gasteiger partial charge in [0.1, 0.15) is 0 Å². The molecule has 3 heterocycles. The minimum atomic E-state index is -0.0588. The van der Waals surface area contributed by atoms with Crippen molar-refractivity contribution >= 4 is 11.7 Å². The number of aromatic nitrogens is 4. The van der Waals surface area contributed by atoms with Crippen LogP contribution in [0.1, 0.15) is 65.5 Å². The number of rotatable bonds is 3. The fourth-order valence-electron chi connectivity index (χ4n) is 4.90. The van der Waals surface area contributed by atoms with Crippen molar-refractivity contribution in [1.82, 2.24) is 24.5 Å². The summed E-state index contributed by atoms with van der Waals surface area (Å²) in [6.07, 6.45) is 8.48. The van der Waals surface area contributed by atoms with E-state index in [1.54, 1.807) is 10.7 Å². The largest absolute Gasteiger partial charge is 0.333 e. The van der Waals surface area contributed by atoms with E-state index in [-0.39, 0.29) is 17.8 Å².